The number of hydrogen-bond donors (Lipinski definition) is 0. The molecule has 1 aromatic rings. The van der Waals surface area contributed by atoms with Gasteiger partial charge in [0.05, 0.1) is 5.56 Å². The molecule has 1 rings (SSSR count). The molecule has 0 atom stereocenters. The second-order valence-corrected chi connectivity index (χ2v) is 2.60. The summed E-state index contributed by atoms with van der Waals surface area (Å²) in [6.45, 7) is 0.926. The first-order valence-electron chi connectivity index (χ1n) is 3.79. The number of ether oxygens (including phenoxy) is 1. The smallest absolute Gasteiger partial charge is 0.348 e. The number of rotatable bonds is 1. The van der Waals surface area contributed by atoms with E-state index in [1.54, 1.807) is 0 Å². The summed E-state index contributed by atoms with van der Waals surface area (Å²) in [7, 11) is 0. The van der Waals surface area contributed by atoms with E-state index in [1.807, 2.05) is 0 Å². The summed E-state index contributed by atoms with van der Waals surface area (Å²) >= 11 is 0. The number of carbonyl (C=O) groups excluding carboxylic acids is 2. The van der Waals surface area contributed by atoms with Crippen molar-refractivity contribution in [2.75, 3.05) is 0 Å². The zero-order valence-corrected chi connectivity index (χ0v) is 7.51. The molecule has 0 aliphatic carbocycles. The van der Waals surface area contributed by atoms with E-state index in [9.17, 15) is 22.8 Å². The van der Waals surface area contributed by atoms with Gasteiger partial charge >= 0.3 is 11.9 Å². The van der Waals surface area contributed by atoms with E-state index in [0.717, 1.165) is 6.92 Å². The van der Waals surface area contributed by atoms with Crippen LogP contribution in [0.4, 0.5) is 13.2 Å². The molecule has 80 valence electrons. The molecule has 0 aliphatic heterocycles. The number of esters is 2. The van der Waals surface area contributed by atoms with Crippen LogP contribution >= 0.6 is 0 Å². The molecule has 6 heteroatoms. The lowest BCUT2D eigenvalue weighted by atomic mass is 10.2. The van der Waals surface area contributed by atoms with E-state index in [1.165, 1.54) is 0 Å². The number of hydrogen-bond acceptors (Lipinski definition) is 3. The van der Waals surface area contributed by atoms with Crippen LogP contribution in [0, 0.1) is 17.5 Å². The molecule has 1 aromatic carbocycles. The van der Waals surface area contributed by atoms with Crippen molar-refractivity contribution in [3.05, 3.63) is 35.1 Å². The predicted molar refractivity (Wildman–Crippen MR) is 42.4 cm³/mol. The Morgan fingerprint density at radius 2 is 1.73 bits per heavy atom. The average Bonchev–Trinajstić information content (AvgIpc) is 2.13. The highest BCUT2D eigenvalue weighted by molar-refractivity contribution is 5.96. The predicted octanol–water partition coefficient (Wildman–Crippen LogP) is 1.81. The van der Waals surface area contributed by atoms with Gasteiger partial charge in [0, 0.05) is 6.92 Å². The van der Waals surface area contributed by atoms with E-state index in [-0.39, 0.29) is 0 Å². The molecular formula is C9H5F3O3. The molecule has 0 N–H and O–H groups in total. The Labute approximate surface area is 82.5 Å². The third kappa shape index (κ3) is 2.34. The van der Waals surface area contributed by atoms with Gasteiger partial charge in [0.1, 0.15) is 0 Å². The van der Waals surface area contributed by atoms with Crippen molar-refractivity contribution in [1.82, 2.24) is 0 Å². The van der Waals surface area contributed by atoms with Crippen molar-refractivity contribution < 1.29 is 27.5 Å². The molecule has 0 aromatic heterocycles. The van der Waals surface area contributed by atoms with Gasteiger partial charge in [-0.05, 0) is 12.1 Å². The third-order valence-electron chi connectivity index (χ3n) is 1.49. The van der Waals surface area contributed by atoms with Crippen molar-refractivity contribution in [2.24, 2.45) is 0 Å². The molecule has 15 heavy (non-hydrogen) atoms. The highest BCUT2D eigenvalue weighted by Gasteiger charge is 2.20. The van der Waals surface area contributed by atoms with Crippen LogP contribution in [-0.4, -0.2) is 11.9 Å². The molecule has 0 saturated heterocycles. The van der Waals surface area contributed by atoms with Crippen LogP contribution in [0.3, 0.4) is 0 Å². The lowest BCUT2D eigenvalue weighted by Crippen LogP contribution is -2.12. The van der Waals surface area contributed by atoms with Crippen LogP contribution in [0.5, 0.6) is 0 Å². The maximum Gasteiger partial charge on any atom is 0.348 e. The zero-order valence-electron chi connectivity index (χ0n) is 7.51. The maximum atomic E-state index is 12.9. The van der Waals surface area contributed by atoms with Gasteiger partial charge in [-0.25, -0.2) is 18.0 Å². The highest BCUT2D eigenvalue weighted by Crippen LogP contribution is 2.15. The van der Waals surface area contributed by atoms with Crippen molar-refractivity contribution in [2.45, 2.75) is 6.92 Å². The van der Waals surface area contributed by atoms with Crippen molar-refractivity contribution in [3.63, 3.8) is 0 Å². The molecule has 0 bridgehead atoms. The minimum Gasteiger partial charge on any atom is -0.390 e. The van der Waals surface area contributed by atoms with Gasteiger partial charge in [-0.2, -0.15) is 0 Å². The van der Waals surface area contributed by atoms with E-state index in [4.69, 9.17) is 0 Å². The van der Waals surface area contributed by atoms with Crippen molar-refractivity contribution in [1.29, 1.82) is 0 Å². The molecule has 0 radical (unpaired) electrons. The van der Waals surface area contributed by atoms with Crippen LogP contribution in [0.2, 0.25) is 0 Å². The first kappa shape index (κ1) is 11.2. The topological polar surface area (TPSA) is 43.4 Å². The first-order valence-corrected chi connectivity index (χ1v) is 3.79. The Morgan fingerprint density at radius 1 is 1.13 bits per heavy atom. The van der Waals surface area contributed by atoms with Crippen molar-refractivity contribution in [3.8, 4) is 0 Å². The largest absolute Gasteiger partial charge is 0.390 e. The molecular weight excluding hydrogens is 213 g/mol. The number of halogens is 3. The van der Waals surface area contributed by atoms with E-state index < -0.39 is 35.0 Å². The summed E-state index contributed by atoms with van der Waals surface area (Å²) in [5, 5.41) is 0. The molecule has 0 unspecified atom stereocenters. The van der Waals surface area contributed by atoms with Gasteiger partial charge in [0.2, 0.25) is 0 Å². The maximum absolute atomic E-state index is 12.9. The summed E-state index contributed by atoms with van der Waals surface area (Å²) in [5.41, 5.74) is -0.830. The van der Waals surface area contributed by atoms with Gasteiger partial charge in [-0.3, -0.25) is 4.79 Å². The third-order valence-corrected chi connectivity index (χ3v) is 1.49. The quantitative estimate of drug-likeness (QED) is 0.410. The second kappa shape index (κ2) is 4.12. The van der Waals surface area contributed by atoms with Gasteiger partial charge in [0.15, 0.2) is 17.5 Å². The van der Waals surface area contributed by atoms with Crippen LogP contribution in [0.15, 0.2) is 12.1 Å². The summed E-state index contributed by atoms with van der Waals surface area (Å²) in [6, 6.07) is 1.26. The van der Waals surface area contributed by atoms with Gasteiger partial charge < -0.3 is 4.74 Å². The van der Waals surface area contributed by atoms with Gasteiger partial charge in [0.25, 0.3) is 0 Å². The molecule has 0 saturated carbocycles. The zero-order chi connectivity index (χ0) is 11.6. The van der Waals surface area contributed by atoms with Crippen LogP contribution in [0.25, 0.3) is 0 Å². The summed E-state index contributed by atoms with van der Waals surface area (Å²) < 4.78 is 42.0. The molecule has 0 amide bonds. The summed E-state index contributed by atoms with van der Waals surface area (Å²) in [6.07, 6.45) is 0. The SMILES string of the molecule is CC(=O)OC(=O)c1ccc(F)c(F)c1F. The van der Waals surface area contributed by atoms with Crippen LogP contribution < -0.4 is 0 Å². The number of carbonyl (C=O) groups is 2. The molecule has 3 nitrogen and oxygen atoms in total. The molecule has 0 aliphatic rings. The Kier molecular flexibility index (Phi) is 3.08. The molecule has 0 fully saturated rings. The lowest BCUT2D eigenvalue weighted by molar-refractivity contribution is -0.135. The van der Waals surface area contributed by atoms with E-state index >= 15 is 0 Å². The van der Waals surface area contributed by atoms with Crippen LogP contribution in [0.1, 0.15) is 17.3 Å². The minimum atomic E-state index is -1.78. The summed E-state index contributed by atoms with van der Waals surface area (Å²) in [4.78, 5) is 21.3. The Bertz CT molecular complexity index is 429. The number of benzene rings is 1. The van der Waals surface area contributed by atoms with E-state index in [2.05, 4.69) is 4.74 Å². The van der Waals surface area contributed by atoms with Gasteiger partial charge in [-0.1, -0.05) is 0 Å². The normalized spacial score (nSPS) is 9.87. The second-order valence-electron chi connectivity index (χ2n) is 2.60. The highest BCUT2D eigenvalue weighted by atomic mass is 19.2. The fraction of sp³-hybridized carbons (Fsp3) is 0.111. The van der Waals surface area contributed by atoms with Crippen LogP contribution in [-0.2, 0) is 9.53 Å². The molecule has 0 spiro atoms. The van der Waals surface area contributed by atoms with E-state index in [0.29, 0.717) is 12.1 Å². The Hall–Kier alpha value is -1.85. The summed E-state index contributed by atoms with van der Waals surface area (Å²) in [5.74, 6) is -7.22. The lowest BCUT2D eigenvalue weighted by Gasteiger charge is -2.02. The standard InChI is InChI=1S/C9H5F3O3/c1-4(13)15-9(14)5-2-3-6(10)8(12)7(5)11/h2-3H,1H3. The Balaban J connectivity index is 3.11. The average molecular weight is 218 g/mol. The fourth-order valence-corrected chi connectivity index (χ4v) is 0.869. The first-order chi connectivity index (χ1) is 6.93. The monoisotopic (exact) mass is 218 g/mol. The minimum absolute atomic E-state index is 0.565. The Morgan fingerprint density at radius 3 is 2.27 bits per heavy atom. The van der Waals surface area contributed by atoms with Crippen molar-refractivity contribution >= 4 is 11.9 Å². The molecule has 0 heterocycles. The fourth-order valence-electron chi connectivity index (χ4n) is 0.869. The van der Waals surface area contributed by atoms with Gasteiger partial charge in [-0.15, -0.1) is 0 Å².